The molecule has 0 saturated carbocycles. The van der Waals surface area contributed by atoms with Crippen LogP contribution in [0.4, 0.5) is 10.1 Å². The lowest BCUT2D eigenvalue weighted by atomic mass is 9.99. The molecular formula is C19H19FN2O3. The lowest BCUT2D eigenvalue weighted by Gasteiger charge is -2.20. The van der Waals surface area contributed by atoms with E-state index < -0.39 is 5.82 Å². The van der Waals surface area contributed by atoms with Gasteiger partial charge in [-0.05, 0) is 54.8 Å². The molecule has 25 heavy (non-hydrogen) atoms. The fraction of sp³-hybridized carbons (Fsp3) is 0.263. The number of halogens is 1. The Bertz CT molecular complexity index is 820. The average molecular weight is 342 g/mol. The van der Waals surface area contributed by atoms with Crippen molar-refractivity contribution >= 4 is 17.5 Å². The number of anilines is 1. The fourth-order valence-corrected chi connectivity index (χ4v) is 2.80. The lowest BCUT2D eigenvalue weighted by molar-refractivity contribution is -0.116. The summed E-state index contributed by atoms with van der Waals surface area (Å²) in [7, 11) is 0. The van der Waals surface area contributed by atoms with Gasteiger partial charge in [0.25, 0.3) is 5.91 Å². The van der Waals surface area contributed by atoms with Gasteiger partial charge in [-0.15, -0.1) is 0 Å². The Kier molecular flexibility index (Phi) is 4.97. The molecule has 0 spiro atoms. The van der Waals surface area contributed by atoms with Crippen LogP contribution < -0.4 is 15.4 Å². The summed E-state index contributed by atoms with van der Waals surface area (Å²) in [6.45, 7) is 2.52. The Morgan fingerprint density at radius 3 is 2.92 bits per heavy atom. The minimum Gasteiger partial charge on any atom is -0.492 e. The number of carbonyl (C=O) groups excluding carboxylic acids is 2. The summed E-state index contributed by atoms with van der Waals surface area (Å²) in [5, 5.41) is 5.57. The number of fused-ring (bicyclic) bond motifs is 1. The Balaban J connectivity index is 1.53. The van der Waals surface area contributed by atoms with Gasteiger partial charge in [-0.3, -0.25) is 9.59 Å². The quantitative estimate of drug-likeness (QED) is 0.821. The normalized spacial score (nSPS) is 13.0. The number of aryl methyl sites for hydroxylation is 2. The monoisotopic (exact) mass is 342 g/mol. The molecule has 0 fully saturated rings. The highest BCUT2D eigenvalue weighted by Crippen LogP contribution is 2.30. The number of benzene rings is 2. The van der Waals surface area contributed by atoms with E-state index in [1.54, 1.807) is 6.07 Å². The maximum Gasteiger partial charge on any atom is 0.251 e. The van der Waals surface area contributed by atoms with E-state index in [4.69, 9.17) is 4.74 Å². The van der Waals surface area contributed by atoms with Crippen molar-refractivity contribution in [2.75, 3.05) is 18.5 Å². The molecule has 0 radical (unpaired) electrons. The van der Waals surface area contributed by atoms with Crippen LogP contribution in [-0.4, -0.2) is 25.0 Å². The molecular weight excluding hydrogens is 323 g/mol. The van der Waals surface area contributed by atoms with Gasteiger partial charge < -0.3 is 15.4 Å². The Morgan fingerprint density at radius 2 is 2.12 bits per heavy atom. The van der Waals surface area contributed by atoms with Gasteiger partial charge in [-0.25, -0.2) is 4.39 Å². The Morgan fingerprint density at radius 1 is 1.28 bits per heavy atom. The van der Waals surface area contributed by atoms with Gasteiger partial charge in [0.2, 0.25) is 5.91 Å². The number of hydrogen-bond acceptors (Lipinski definition) is 3. The maximum atomic E-state index is 13.1. The van der Waals surface area contributed by atoms with E-state index in [-0.39, 0.29) is 17.4 Å². The van der Waals surface area contributed by atoms with Gasteiger partial charge in [-0.2, -0.15) is 0 Å². The van der Waals surface area contributed by atoms with Gasteiger partial charge in [0.1, 0.15) is 18.2 Å². The first-order chi connectivity index (χ1) is 12.0. The highest BCUT2D eigenvalue weighted by molar-refractivity contribution is 5.95. The Hall–Kier alpha value is -2.89. The third kappa shape index (κ3) is 4.15. The van der Waals surface area contributed by atoms with E-state index in [2.05, 4.69) is 10.6 Å². The molecule has 0 saturated heterocycles. The van der Waals surface area contributed by atoms with E-state index in [1.807, 2.05) is 19.1 Å². The summed E-state index contributed by atoms with van der Waals surface area (Å²) in [4.78, 5) is 23.4. The van der Waals surface area contributed by atoms with Crippen LogP contribution in [0.15, 0.2) is 36.4 Å². The third-order valence-corrected chi connectivity index (χ3v) is 4.02. The standard InChI is InChI=1S/C19H19FN2O3/c1-12-9-16(11-13-5-6-17(23)22-18(12)13)25-8-7-21-19(24)14-3-2-4-15(20)10-14/h2-4,9-11H,5-8H2,1H3,(H,21,24)(H,22,23). The molecule has 2 aromatic rings. The molecule has 2 amide bonds. The van der Waals surface area contributed by atoms with Crippen LogP contribution in [0, 0.1) is 12.7 Å². The van der Waals surface area contributed by atoms with Crippen LogP contribution >= 0.6 is 0 Å². The summed E-state index contributed by atoms with van der Waals surface area (Å²) >= 11 is 0. The van der Waals surface area contributed by atoms with Gasteiger partial charge in [0, 0.05) is 17.7 Å². The van der Waals surface area contributed by atoms with Gasteiger partial charge >= 0.3 is 0 Å². The third-order valence-electron chi connectivity index (χ3n) is 4.02. The number of rotatable bonds is 5. The van der Waals surface area contributed by atoms with Crippen molar-refractivity contribution in [3.8, 4) is 5.75 Å². The number of nitrogens with one attached hydrogen (secondary N) is 2. The molecule has 0 bridgehead atoms. The van der Waals surface area contributed by atoms with Crippen molar-refractivity contribution in [1.29, 1.82) is 0 Å². The van der Waals surface area contributed by atoms with E-state index in [0.717, 1.165) is 16.8 Å². The first-order valence-corrected chi connectivity index (χ1v) is 8.13. The molecule has 0 atom stereocenters. The summed E-state index contributed by atoms with van der Waals surface area (Å²) in [5.41, 5.74) is 3.14. The number of ether oxygens (including phenoxy) is 1. The predicted octanol–water partition coefficient (Wildman–Crippen LogP) is 2.83. The molecule has 0 aromatic heterocycles. The second kappa shape index (κ2) is 7.34. The van der Waals surface area contributed by atoms with Crippen LogP contribution in [0.3, 0.4) is 0 Å². The number of carbonyl (C=O) groups is 2. The largest absolute Gasteiger partial charge is 0.492 e. The smallest absolute Gasteiger partial charge is 0.251 e. The summed E-state index contributed by atoms with van der Waals surface area (Å²) in [6, 6.07) is 9.31. The zero-order chi connectivity index (χ0) is 17.8. The molecule has 130 valence electrons. The second-order valence-electron chi connectivity index (χ2n) is 5.94. The van der Waals surface area contributed by atoms with Gasteiger partial charge in [-0.1, -0.05) is 6.07 Å². The minimum atomic E-state index is -0.444. The molecule has 3 rings (SSSR count). The number of hydrogen-bond donors (Lipinski definition) is 2. The molecule has 6 heteroatoms. The first kappa shape index (κ1) is 17.0. The topological polar surface area (TPSA) is 67.4 Å². The van der Waals surface area contributed by atoms with Crippen molar-refractivity contribution in [2.45, 2.75) is 19.8 Å². The highest BCUT2D eigenvalue weighted by atomic mass is 19.1. The molecule has 2 aromatic carbocycles. The zero-order valence-corrected chi connectivity index (χ0v) is 13.9. The van der Waals surface area contributed by atoms with Crippen LogP contribution in [0.2, 0.25) is 0 Å². The first-order valence-electron chi connectivity index (χ1n) is 8.13. The van der Waals surface area contributed by atoms with Crippen molar-refractivity contribution < 1.29 is 18.7 Å². The maximum absolute atomic E-state index is 13.1. The van der Waals surface area contributed by atoms with Gasteiger partial charge in [0.05, 0.1) is 6.54 Å². The number of amides is 2. The van der Waals surface area contributed by atoms with Crippen LogP contribution in [0.1, 0.15) is 27.9 Å². The van der Waals surface area contributed by atoms with Crippen molar-refractivity contribution in [3.05, 3.63) is 58.9 Å². The van der Waals surface area contributed by atoms with Gasteiger partial charge in [0.15, 0.2) is 0 Å². The van der Waals surface area contributed by atoms with E-state index >= 15 is 0 Å². The van der Waals surface area contributed by atoms with Crippen molar-refractivity contribution in [3.63, 3.8) is 0 Å². The molecule has 1 aliphatic rings. The van der Waals surface area contributed by atoms with E-state index in [0.29, 0.717) is 31.7 Å². The summed E-state index contributed by atoms with van der Waals surface area (Å²) in [6.07, 6.45) is 1.16. The molecule has 0 unspecified atom stereocenters. The average Bonchev–Trinajstić information content (AvgIpc) is 2.59. The van der Waals surface area contributed by atoms with Crippen LogP contribution in [0.5, 0.6) is 5.75 Å². The molecule has 2 N–H and O–H groups in total. The highest BCUT2D eigenvalue weighted by Gasteiger charge is 2.17. The van der Waals surface area contributed by atoms with Crippen LogP contribution in [-0.2, 0) is 11.2 Å². The SMILES string of the molecule is Cc1cc(OCCNC(=O)c2cccc(F)c2)cc2c1NC(=O)CC2. The molecule has 1 aliphatic heterocycles. The summed E-state index contributed by atoms with van der Waals surface area (Å²) < 4.78 is 18.8. The molecule has 0 aliphatic carbocycles. The summed E-state index contributed by atoms with van der Waals surface area (Å²) in [5.74, 6) is -0.0512. The molecule has 5 nitrogen and oxygen atoms in total. The minimum absolute atomic E-state index is 0.0318. The van der Waals surface area contributed by atoms with E-state index in [9.17, 15) is 14.0 Å². The zero-order valence-electron chi connectivity index (χ0n) is 13.9. The Labute approximate surface area is 145 Å². The van der Waals surface area contributed by atoms with Crippen molar-refractivity contribution in [1.82, 2.24) is 5.32 Å². The lowest BCUT2D eigenvalue weighted by Crippen LogP contribution is -2.28. The predicted molar refractivity (Wildman–Crippen MR) is 92.4 cm³/mol. The fourth-order valence-electron chi connectivity index (χ4n) is 2.80. The molecule has 1 heterocycles. The van der Waals surface area contributed by atoms with Crippen LogP contribution in [0.25, 0.3) is 0 Å². The van der Waals surface area contributed by atoms with E-state index in [1.165, 1.54) is 18.2 Å². The van der Waals surface area contributed by atoms with Crippen molar-refractivity contribution in [2.24, 2.45) is 0 Å². The second-order valence-corrected chi connectivity index (χ2v) is 5.94.